The number of fused-ring (bicyclic) bond motifs is 1. The molecule has 1 saturated heterocycles. The van der Waals surface area contributed by atoms with Crippen molar-refractivity contribution in [1.29, 1.82) is 0 Å². The maximum Gasteiger partial charge on any atom is 0.259 e. The van der Waals surface area contributed by atoms with Gasteiger partial charge >= 0.3 is 0 Å². The summed E-state index contributed by atoms with van der Waals surface area (Å²) in [5.41, 5.74) is 5.64. The minimum atomic E-state index is -3.36. The van der Waals surface area contributed by atoms with Gasteiger partial charge in [-0.3, -0.25) is 19.5 Å². The molecular weight excluding hydrogens is 572 g/mol. The van der Waals surface area contributed by atoms with Crippen LogP contribution in [0.25, 0.3) is 0 Å². The van der Waals surface area contributed by atoms with Crippen LogP contribution in [0.4, 0.5) is 5.69 Å². The zero-order chi connectivity index (χ0) is 30.2. The van der Waals surface area contributed by atoms with Crippen molar-refractivity contribution in [2.45, 2.75) is 32.1 Å². The summed E-state index contributed by atoms with van der Waals surface area (Å²) in [6.45, 7) is 9.29. The van der Waals surface area contributed by atoms with Crippen molar-refractivity contribution in [2.24, 2.45) is 5.92 Å². The van der Waals surface area contributed by atoms with Crippen LogP contribution in [0.3, 0.4) is 0 Å². The maximum atomic E-state index is 13.6. The lowest BCUT2D eigenvalue weighted by Gasteiger charge is -2.25. The van der Waals surface area contributed by atoms with Gasteiger partial charge in [0.1, 0.15) is 0 Å². The minimum absolute atomic E-state index is 0.00188. The van der Waals surface area contributed by atoms with Gasteiger partial charge in [0.2, 0.25) is 0 Å². The minimum Gasteiger partial charge on any atom is -0.314 e. The normalized spacial score (nSPS) is 16.8. The number of carbonyl (C=O) groups is 2. The molecule has 0 aliphatic carbocycles. The molecule has 3 heterocycles. The SMILES string of the molecule is Cc1ccc(N(CCCN2CC3=CN(C(=O)c4c(C)ccnc4C)CC3C2)C(=O)c2ccc(S(C)(=O)=O)cc2)cc1Cl. The summed E-state index contributed by atoms with van der Waals surface area (Å²) in [5.74, 6) is 0.0846. The number of aryl methyl sites for hydroxylation is 3. The molecule has 0 spiro atoms. The Bertz CT molecular complexity index is 1650. The van der Waals surface area contributed by atoms with E-state index in [1.54, 1.807) is 29.3 Å². The summed E-state index contributed by atoms with van der Waals surface area (Å²) >= 11 is 6.41. The number of aromatic nitrogens is 1. The van der Waals surface area contributed by atoms with Crippen molar-refractivity contribution in [3.63, 3.8) is 0 Å². The molecule has 1 fully saturated rings. The van der Waals surface area contributed by atoms with E-state index in [0.717, 1.165) is 49.1 Å². The zero-order valence-corrected chi connectivity index (χ0v) is 25.9. The predicted molar refractivity (Wildman–Crippen MR) is 165 cm³/mol. The number of pyridine rings is 1. The van der Waals surface area contributed by atoms with Gasteiger partial charge in [-0.1, -0.05) is 17.7 Å². The second-order valence-corrected chi connectivity index (χ2v) is 13.6. The van der Waals surface area contributed by atoms with E-state index >= 15 is 0 Å². The highest BCUT2D eigenvalue weighted by Gasteiger charge is 2.36. The van der Waals surface area contributed by atoms with Gasteiger partial charge < -0.3 is 9.80 Å². The summed E-state index contributed by atoms with van der Waals surface area (Å²) in [7, 11) is -3.36. The van der Waals surface area contributed by atoms with Crippen LogP contribution in [-0.2, 0) is 9.84 Å². The smallest absolute Gasteiger partial charge is 0.259 e. The fraction of sp³-hybridized carbons (Fsp3) is 0.344. The number of carbonyl (C=O) groups excluding carboxylic acids is 2. The Kier molecular flexibility index (Phi) is 8.55. The molecule has 2 aliphatic rings. The lowest BCUT2D eigenvalue weighted by Crippen LogP contribution is -2.35. The van der Waals surface area contributed by atoms with E-state index in [2.05, 4.69) is 9.88 Å². The van der Waals surface area contributed by atoms with Crippen LogP contribution in [0.5, 0.6) is 0 Å². The van der Waals surface area contributed by atoms with E-state index in [4.69, 9.17) is 11.6 Å². The molecule has 0 radical (unpaired) electrons. The fourth-order valence-corrected chi connectivity index (χ4v) is 6.52. The van der Waals surface area contributed by atoms with E-state index in [0.29, 0.717) is 40.8 Å². The van der Waals surface area contributed by atoms with E-state index in [1.807, 2.05) is 50.1 Å². The lowest BCUT2D eigenvalue weighted by molar-refractivity contribution is 0.0818. The first-order valence-corrected chi connectivity index (χ1v) is 16.2. The Hall–Kier alpha value is -3.53. The fourth-order valence-electron chi connectivity index (χ4n) is 5.72. The molecule has 0 bridgehead atoms. The highest BCUT2D eigenvalue weighted by atomic mass is 35.5. The van der Waals surface area contributed by atoms with E-state index in [-0.39, 0.29) is 16.7 Å². The molecule has 8 nitrogen and oxygen atoms in total. The van der Waals surface area contributed by atoms with Crippen LogP contribution in [0.1, 0.15) is 44.0 Å². The van der Waals surface area contributed by atoms with Gasteiger partial charge in [0.15, 0.2) is 9.84 Å². The summed E-state index contributed by atoms with van der Waals surface area (Å²) in [6, 6.07) is 13.5. The van der Waals surface area contributed by atoms with Gasteiger partial charge in [-0.15, -0.1) is 0 Å². The molecule has 1 atom stereocenters. The molecule has 0 saturated carbocycles. The molecule has 1 unspecified atom stereocenters. The molecule has 2 amide bonds. The van der Waals surface area contributed by atoms with Gasteiger partial charge in [-0.05, 0) is 86.4 Å². The van der Waals surface area contributed by atoms with Crippen LogP contribution < -0.4 is 4.90 Å². The molecular formula is C32H35ClN4O4S. The summed E-state index contributed by atoms with van der Waals surface area (Å²) in [4.78, 5) is 37.2. The number of rotatable bonds is 8. The number of likely N-dealkylation sites (tertiary alicyclic amines) is 1. The van der Waals surface area contributed by atoms with Crippen molar-refractivity contribution >= 4 is 38.9 Å². The molecule has 0 N–H and O–H groups in total. The number of halogens is 1. The van der Waals surface area contributed by atoms with Gasteiger partial charge in [-0.2, -0.15) is 0 Å². The maximum absolute atomic E-state index is 13.6. The highest BCUT2D eigenvalue weighted by Crippen LogP contribution is 2.31. The molecule has 220 valence electrons. The van der Waals surface area contributed by atoms with Crippen molar-refractivity contribution in [1.82, 2.24) is 14.8 Å². The first-order chi connectivity index (χ1) is 19.9. The number of anilines is 1. The Morgan fingerprint density at radius 2 is 1.76 bits per heavy atom. The molecule has 10 heteroatoms. The van der Waals surface area contributed by atoms with Gasteiger partial charge in [0, 0.05) is 73.6 Å². The molecule has 1 aromatic heterocycles. The van der Waals surface area contributed by atoms with Crippen LogP contribution in [0.15, 0.2) is 71.4 Å². The number of hydrogen-bond acceptors (Lipinski definition) is 6. The second kappa shape index (κ2) is 12.0. The van der Waals surface area contributed by atoms with E-state index in [1.165, 1.54) is 17.7 Å². The predicted octanol–water partition coefficient (Wildman–Crippen LogP) is 5.07. The van der Waals surface area contributed by atoms with Gasteiger partial charge in [0.25, 0.3) is 11.8 Å². The summed E-state index contributed by atoms with van der Waals surface area (Å²) < 4.78 is 23.8. The average Bonchev–Trinajstić information content (AvgIpc) is 3.51. The Labute approximate surface area is 252 Å². The quantitative estimate of drug-likeness (QED) is 0.356. The standard InChI is InChI=1S/C32H35ClN4O4S/c1-21-6-9-27(16-29(21)33)37(31(38)24-7-10-28(11-8-24)42(4,40)41)15-5-14-35-17-25-19-36(20-26(25)18-35)32(39)30-22(2)12-13-34-23(30)3/h6-13,16,19,26H,5,14-15,17-18,20H2,1-4H3. The van der Waals surface area contributed by atoms with Crippen LogP contribution in [-0.4, -0.2) is 74.0 Å². The van der Waals surface area contributed by atoms with Crippen LogP contribution in [0.2, 0.25) is 5.02 Å². The Morgan fingerprint density at radius 1 is 1.02 bits per heavy atom. The van der Waals surface area contributed by atoms with E-state index in [9.17, 15) is 18.0 Å². The van der Waals surface area contributed by atoms with Crippen molar-refractivity contribution in [3.05, 3.63) is 99.5 Å². The third kappa shape index (κ3) is 6.28. The molecule has 3 aromatic rings. The van der Waals surface area contributed by atoms with Crippen molar-refractivity contribution < 1.29 is 18.0 Å². The number of nitrogens with zero attached hydrogens (tertiary/aromatic N) is 4. The second-order valence-electron chi connectivity index (χ2n) is 11.2. The Balaban J connectivity index is 1.25. The topological polar surface area (TPSA) is 90.9 Å². The number of benzene rings is 2. The third-order valence-electron chi connectivity index (χ3n) is 8.07. The molecule has 5 rings (SSSR count). The number of hydrogen-bond donors (Lipinski definition) is 0. The van der Waals surface area contributed by atoms with Gasteiger partial charge in [0.05, 0.1) is 16.2 Å². The largest absolute Gasteiger partial charge is 0.314 e. The monoisotopic (exact) mass is 606 g/mol. The van der Waals surface area contributed by atoms with E-state index < -0.39 is 9.84 Å². The number of amides is 2. The molecule has 2 aliphatic heterocycles. The van der Waals surface area contributed by atoms with Crippen LogP contribution >= 0.6 is 11.6 Å². The van der Waals surface area contributed by atoms with Gasteiger partial charge in [-0.25, -0.2) is 8.42 Å². The number of sulfone groups is 1. The van der Waals surface area contributed by atoms with Crippen LogP contribution in [0, 0.1) is 26.7 Å². The zero-order valence-electron chi connectivity index (χ0n) is 24.3. The third-order valence-corrected chi connectivity index (χ3v) is 9.60. The molecule has 2 aromatic carbocycles. The lowest BCUT2D eigenvalue weighted by atomic mass is 10.1. The summed E-state index contributed by atoms with van der Waals surface area (Å²) in [6.07, 6.45) is 5.61. The summed E-state index contributed by atoms with van der Waals surface area (Å²) in [5, 5.41) is 0.577. The Morgan fingerprint density at radius 3 is 2.40 bits per heavy atom. The molecule has 42 heavy (non-hydrogen) atoms. The van der Waals surface area contributed by atoms with Crippen molar-refractivity contribution in [2.75, 3.05) is 43.9 Å². The highest BCUT2D eigenvalue weighted by molar-refractivity contribution is 7.90. The van der Waals surface area contributed by atoms with Crippen molar-refractivity contribution in [3.8, 4) is 0 Å². The first-order valence-electron chi connectivity index (χ1n) is 14.0. The average molecular weight is 607 g/mol. The first kappa shape index (κ1) is 29.9.